The Balaban J connectivity index is 3.15. The van der Waals surface area contributed by atoms with E-state index in [4.69, 9.17) is 4.74 Å². The molecule has 0 heterocycles. The van der Waals surface area contributed by atoms with Crippen LogP contribution in [0.1, 0.15) is 32.8 Å². The molecule has 3 amide bonds. The van der Waals surface area contributed by atoms with E-state index in [9.17, 15) is 9.59 Å². The number of amides is 3. The number of ether oxygens (including phenoxy) is 1. The van der Waals surface area contributed by atoms with Gasteiger partial charge in [-0.1, -0.05) is 6.92 Å². The molecular weight excluding hydrogens is 332 g/mol. The van der Waals surface area contributed by atoms with Crippen molar-refractivity contribution in [2.24, 2.45) is 0 Å². The number of rotatable bonds is 9. The maximum absolute atomic E-state index is 12.5. The van der Waals surface area contributed by atoms with Crippen LogP contribution in [0, 0.1) is 0 Å². The summed E-state index contributed by atoms with van der Waals surface area (Å²) < 4.78 is 5.03. The van der Waals surface area contributed by atoms with E-state index in [2.05, 4.69) is 17.6 Å². The maximum Gasteiger partial charge on any atom is 0.319 e. The molecule has 0 radical (unpaired) electrons. The molecule has 0 fully saturated rings. The van der Waals surface area contributed by atoms with Crippen LogP contribution in [0.3, 0.4) is 0 Å². The molecule has 1 aromatic carbocycles. The number of carbonyl (C=O) groups is 2. The molecule has 7 heteroatoms. The summed E-state index contributed by atoms with van der Waals surface area (Å²) >= 11 is 0. The maximum atomic E-state index is 12.5. The molecule has 0 saturated heterocycles. The van der Waals surface area contributed by atoms with Crippen molar-refractivity contribution in [1.82, 2.24) is 10.2 Å². The van der Waals surface area contributed by atoms with Crippen molar-refractivity contribution in [2.45, 2.75) is 39.8 Å². The zero-order chi connectivity index (χ0) is 19.7. The molecule has 0 bridgehead atoms. The topological polar surface area (TPSA) is 73.9 Å². The minimum absolute atomic E-state index is 0.0476. The van der Waals surface area contributed by atoms with Crippen molar-refractivity contribution < 1.29 is 14.3 Å². The van der Waals surface area contributed by atoms with E-state index < -0.39 is 0 Å². The molecule has 0 aromatic heterocycles. The highest BCUT2D eigenvalue weighted by Gasteiger charge is 2.21. The summed E-state index contributed by atoms with van der Waals surface area (Å²) in [5, 5.41) is 5.54. The molecule has 0 aliphatic heterocycles. The number of carbonyl (C=O) groups excluding carboxylic acids is 2. The molecule has 1 aromatic rings. The van der Waals surface area contributed by atoms with Crippen LogP contribution >= 0.6 is 0 Å². The second-order valence-electron chi connectivity index (χ2n) is 6.43. The molecule has 0 unspecified atom stereocenters. The van der Waals surface area contributed by atoms with Gasteiger partial charge in [0.1, 0.15) is 6.61 Å². The van der Waals surface area contributed by atoms with Crippen LogP contribution in [0.5, 0.6) is 0 Å². The van der Waals surface area contributed by atoms with Crippen molar-refractivity contribution in [3.05, 3.63) is 23.8 Å². The molecule has 1 atom stereocenters. The highest BCUT2D eigenvalue weighted by molar-refractivity contribution is 5.89. The largest absolute Gasteiger partial charge is 0.377 e. The number of nitrogens with zero attached hydrogens (tertiary/aromatic N) is 2. The molecule has 146 valence electrons. The number of methoxy groups -OCH3 is 1. The van der Waals surface area contributed by atoms with Gasteiger partial charge in [-0.05, 0) is 44.0 Å². The van der Waals surface area contributed by atoms with Gasteiger partial charge in [-0.25, -0.2) is 4.79 Å². The van der Waals surface area contributed by atoms with Crippen molar-refractivity contribution in [3.63, 3.8) is 0 Å². The van der Waals surface area contributed by atoms with Crippen LogP contribution in [-0.4, -0.2) is 57.2 Å². The average molecular weight is 364 g/mol. The molecular formula is C19H32N4O3. The Morgan fingerprint density at radius 3 is 2.46 bits per heavy atom. The minimum atomic E-state index is -0.245. The minimum Gasteiger partial charge on any atom is -0.377 e. The van der Waals surface area contributed by atoms with Gasteiger partial charge in [0.05, 0.1) is 0 Å². The van der Waals surface area contributed by atoms with Gasteiger partial charge in [-0.3, -0.25) is 4.79 Å². The van der Waals surface area contributed by atoms with E-state index in [-0.39, 0.29) is 24.6 Å². The molecule has 1 rings (SSSR count). The van der Waals surface area contributed by atoms with Crippen molar-refractivity contribution in [2.75, 3.05) is 44.6 Å². The summed E-state index contributed by atoms with van der Waals surface area (Å²) in [7, 11) is 5.44. The Labute approximate surface area is 156 Å². The lowest BCUT2D eigenvalue weighted by molar-refractivity contribution is -0.138. The van der Waals surface area contributed by atoms with Crippen LogP contribution in [0.2, 0.25) is 0 Å². The quantitative estimate of drug-likeness (QED) is 0.706. The molecule has 0 aliphatic carbocycles. The zero-order valence-electron chi connectivity index (χ0n) is 16.8. The van der Waals surface area contributed by atoms with Crippen molar-refractivity contribution in [3.8, 4) is 0 Å². The molecule has 26 heavy (non-hydrogen) atoms. The van der Waals surface area contributed by atoms with E-state index in [1.54, 1.807) is 0 Å². The third-order valence-electron chi connectivity index (χ3n) is 4.21. The van der Waals surface area contributed by atoms with Crippen LogP contribution in [0.15, 0.2) is 18.2 Å². The Hall–Kier alpha value is -2.28. The van der Waals surface area contributed by atoms with Gasteiger partial charge in [0.2, 0.25) is 5.91 Å². The molecule has 0 spiro atoms. The van der Waals surface area contributed by atoms with Crippen LogP contribution in [0.25, 0.3) is 0 Å². The number of nitrogens with one attached hydrogen (secondary N) is 2. The zero-order valence-corrected chi connectivity index (χ0v) is 16.8. The van der Waals surface area contributed by atoms with Gasteiger partial charge < -0.3 is 25.2 Å². The van der Waals surface area contributed by atoms with Gasteiger partial charge in [0.15, 0.2) is 0 Å². The Morgan fingerprint density at radius 1 is 1.23 bits per heavy atom. The number of hydrogen-bond acceptors (Lipinski definition) is 4. The van der Waals surface area contributed by atoms with E-state index in [0.717, 1.165) is 17.7 Å². The summed E-state index contributed by atoms with van der Waals surface area (Å²) in [4.78, 5) is 28.1. The van der Waals surface area contributed by atoms with E-state index in [1.807, 2.05) is 55.9 Å². The lowest BCUT2D eigenvalue weighted by atomic mass is 10.1. The summed E-state index contributed by atoms with van der Waals surface area (Å²) in [5.41, 5.74) is 2.67. The van der Waals surface area contributed by atoms with Gasteiger partial charge >= 0.3 is 6.03 Å². The first-order valence-electron chi connectivity index (χ1n) is 8.97. The molecule has 0 aliphatic rings. The summed E-state index contributed by atoms with van der Waals surface area (Å²) in [5.74, 6) is -0.0476. The number of urea groups is 1. The average Bonchev–Trinajstić information content (AvgIpc) is 2.59. The van der Waals surface area contributed by atoms with Gasteiger partial charge in [0.25, 0.3) is 0 Å². The summed E-state index contributed by atoms with van der Waals surface area (Å²) in [6, 6.07) is 5.57. The first-order chi connectivity index (χ1) is 12.3. The first kappa shape index (κ1) is 21.8. The predicted octanol–water partition coefficient (Wildman–Crippen LogP) is 2.67. The smallest absolute Gasteiger partial charge is 0.319 e. The number of benzene rings is 1. The fourth-order valence-electron chi connectivity index (χ4n) is 2.66. The highest BCUT2D eigenvalue weighted by atomic mass is 16.5. The number of hydrogen-bond donors (Lipinski definition) is 2. The van der Waals surface area contributed by atoms with Crippen molar-refractivity contribution >= 4 is 23.3 Å². The fraction of sp³-hybridized carbons (Fsp3) is 0.579. The van der Waals surface area contributed by atoms with Crippen molar-refractivity contribution in [1.29, 1.82) is 0 Å². The second-order valence-corrected chi connectivity index (χ2v) is 6.43. The van der Waals surface area contributed by atoms with Crippen LogP contribution in [-0.2, 0) is 16.1 Å². The van der Waals surface area contributed by atoms with E-state index in [1.165, 1.54) is 7.11 Å². The SMILES string of the molecule is CCNC(=O)Nc1ccc(N(C)C)c(CN(C(=O)COC)[C@@H](C)CC)c1. The lowest BCUT2D eigenvalue weighted by Gasteiger charge is -2.30. The molecule has 0 saturated carbocycles. The van der Waals surface area contributed by atoms with Crippen LogP contribution < -0.4 is 15.5 Å². The Bertz CT molecular complexity index is 604. The monoisotopic (exact) mass is 364 g/mol. The summed E-state index contributed by atoms with van der Waals surface area (Å²) in [6.07, 6.45) is 0.851. The van der Waals surface area contributed by atoms with Gasteiger partial charge in [0, 0.05) is 51.7 Å². The van der Waals surface area contributed by atoms with Gasteiger partial charge in [-0.2, -0.15) is 0 Å². The summed E-state index contributed by atoms with van der Waals surface area (Å²) in [6.45, 7) is 7.01. The van der Waals surface area contributed by atoms with E-state index >= 15 is 0 Å². The van der Waals surface area contributed by atoms with Gasteiger partial charge in [-0.15, -0.1) is 0 Å². The Morgan fingerprint density at radius 2 is 1.92 bits per heavy atom. The third kappa shape index (κ3) is 6.22. The second kappa shape index (κ2) is 10.7. The molecule has 2 N–H and O–H groups in total. The number of anilines is 2. The standard InChI is InChI=1S/C19H32N4O3/c1-7-14(3)23(18(24)13-26-6)12-15-11-16(21-19(25)20-8-2)9-10-17(15)22(4)5/h9-11,14H,7-8,12-13H2,1-6H3,(H2,20,21,25)/t14-/m0/s1. The Kier molecular flexibility index (Phi) is 8.92. The lowest BCUT2D eigenvalue weighted by Crippen LogP contribution is -2.40. The fourth-order valence-corrected chi connectivity index (χ4v) is 2.66. The highest BCUT2D eigenvalue weighted by Crippen LogP contribution is 2.25. The first-order valence-corrected chi connectivity index (χ1v) is 8.97. The third-order valence-corrected chi connectivity index (χ3v) is 4.21. The van der Waals surface area contributed by atoms with E-state index in [0.29, 0.717) is 18.8 Å². The predicted molar refractivity (Wildman–Crippen MR) is 106 cm³/mol. The normalized spacial score (nSPS) is 11.6. The molecule has 7 nitrogen and oxygen atoms in total. The van der Waals surface area contributed by atoms with Crippen LogP contribution in [0.4, 0.5) is 16.2 Å².